The smallest absolute Gasteiger partial charge is 0.387 e. The van der Waals surface area contributed by atoms with Gasteiger partial charge < -0.3 is 19.8 Å². The topological polar surface area (TPSA) is 105 Å². The Hall–Kier alpha value is -2.32. The Morgan fingerprint density at radius 1 is 0.467 bits per heavy atom. The highest BCUT2D eigenvalue weighted by atomic mass is 31.2. The van der Waals surface area contributed by atoms with Crippen molar-refractivity contribution in [2.75, 3.05) is 40.9 Å². The molecule has 3 unspecified atom stereocenters. The van der Waals surface area contributed by atoms with Crippen LogP contribution in [0.4, 0.5) is 0 Å². The van der Waals surface area contributed by atoms with Crippen molar-refractivity contribution in [3.05, 3.63) is 85.1 Å². The molecule has 0 aliphatic rings. The molecule has 0 aromatic heterocycles. The van der Waals surface area contributed by atoms with Crippen molar-refractivity contribution in [3.8, 4) is 0 Å². The summed E-state index contributed by atoms with van der Waals surface area (Å²) in [5.41, 5.74) is 0. The molecule has 0 aliphatic heterocycles. The third kappa shape index (κ3) is 59.2. The molecule has 0 saturated carbocycles. The van der Waals surface area contributed by atoms with Crippen LogP contribution in [0.3, 0.4) is 0 Å². The largest absolute Gasteiger partial charge is 0.472 e. The molecule has 0 heterocycles. The third-order valence-corrected chi connectivity index (χ3v) is 14.9. The van der Waals surface area contributed by atoms with Crippen LogP contribution >= 0.6 is 7.82 Å². The number of carbonyl (C=O) groups is 1. The fourth-order valence-corrected chi connectivity index (χ4v) is 9.72. The van der Waals surface area contributed by atoms with Gasteiger partial charge in [0.1, 0.15) is 13.2 Å². The molecule has 1 amide bonds. The van der Waals surface area contributed by atoms with Crippen molar-refractivity contribution in [2.24, 2.45) is 0 Å². The van der Waals surface area contributed by atoms with Gasteiger partial charge in [0.15, 0.2) is 0 Å². The normalized spacial score (nSPS) is 14.4. The zero-order valence-corrected chi connectivity index (χ0v) is 50.7. The van der Waals surface area contributed by atoms with Crippen LogP contribution in [0.25, 0.3) is 0 Å². The molecule has 0 radical (unpaired) electrons. The molecule has 0 spiro atoms. The number of amides is 1. The molecule has 0 aromatic rings. The molecule has 0 aromatic carbocycles. The first kappa shape index (κ1) is 72.7. The first-order chi connectivity index (χ1) is 36.5. The third-order valence-electron chi connectivity index (χ3n) is 13.9. The predicted octanol–water partition coefficient (Wildman–Crippen LogP) is 19.6. The maximum atomic E-state index is 13.0. The van der Waals surface area contributed by atoms with Gasteiger partial charge >= 0.3 is 7.82 Å². The molecule has 0 rings (SSSR count). The van der Waals surface area contributed by atoms with Crippen LogP contribution in [0.2, 0.25) is 0 Å². The number of carbonyl (C=O) groups excluding carboxylic acids is 1. The number of rotatable bonds is 57. The van der Waals surface area contributed by atoms with Gasteiger partial charge in [-0.1, -0.05) is 285 Å². The SMILES string of the molecule is CC/C=C\C/C=C\C/C=C\C/C=C\C/C=C\C/C=C\CCCCCCCCCCCCCCCCCCCCCCC(=O)NC(COP(=O)(O)OCC[N+](C)(C)C)C(O)/C=C/CCCCCCCCCCCCCC. The molecule has 0 saturated heterocycles. The van der Waals surface area contributed by atoms with Crippen molar-refractivity contribution >= 4 is 13.7 Å². The number of phosphoric acid groups is 1. The summed E-state index contributed by atoms with van der Waals surface area (Å²) in [5, 5.41) is 13.9. The van der Waals surface area contributed by atoms with Gasteiger partial charge in [0.05, 0.1) is 39.9 Å². The molecule has 0 fully saturated rings. The molecule has 8 nitrogen and oxygen atoms in total. The summed E-state index contributed by atoms with van der Waals surface area (Å²) in [6.07, 6.45) is 80.0. The summed E-state index contributed by atoms with van der Waals surface area (Å²) >= 11 is 0. The van der Waals surface area contributed by atoms with Gasteiger partial charge in [0, 0.05) is 6.42 Å². The number of aliphatic hydroxyl groups is 1. The van der Waals surface area contributed by atoms with Crippen molar-refractivity contribution in [3.63, 3.8) is 0 Å². The molecular formula is C66H122N2O6P+. The highest BCUT2D eigenvalue weighted by Gasteiger charge is 2.27. The van der Waals surface area contributed by atoms with Gasteiger partial charge in [-0.05, 0) is 70.6 Å². The minimum atomic E-state index is -4.35. The molecule has 3 N–H and O–H groups in total. The van der Waals surface area contributed by atoms with Crippen LogP contribution in [0.1, 0.15) is 277 Å². The summed E-state index contributed by atoms with van der Waals surface area (Å²) in [4.78, 5) is 23.3. The zero-order chi connectivity index (χ0) is 54.9. The summed E-state index contributed by atoms with van der Waals surface area (Å²) in [6.45, 7) is 4.71. The molecule has 3 atom stereocenters. The van der Waals surface area contributed by atoms with Crippen LogP contribution in [-0.2, 0) is 18.4 Å². The summed E-state index contributed by atoms with van der Waals surface area (Å²) in [5.74, 6) is -0.176. The number of nitrogens with zero attached hydrogens (tertiary/aromatic N) is 1. The van der Waals surface area contributed by atoms with E-state index in [1.54, 1.807) is 6.08 Å². The van der Waals surface area contributed by atoms with E-state index >= 15 is 0 Å². The van der Waals surface area contributed by atoms with E-state index in [2.05, 4.69) is 92.1 Å². The van der Waals surface area contributed by atoms with E-state index in [9.17, 15) is 19.4 Å². The Morgan fingerprint density at radius 3 is 1.17 bits per heavy atom. The minimum absolute atomic E-state index is 0.0609. The second-order valence-corrected chi connectivity index (χ2v) is 23.9. The molecular weight excluding hydrogens is 948 g/mol. The van der Waals surface area contributed by atoms with Crippen LogP contribution in [0, 0.1) is 0 Å². The maximum absolute atomic E-state index is 13.0. The number of hydrogen-bond donors (Lipinski definition) is 3. The standard InChI is InChI=1S/C66H121N2O6P/c1-6-8-10-12-14-16-18-20-22-23-24-25-26-27-28-29-30-31-32-33-34-35-36-37-38-39-40-41-42-43-44-45-46-48-50-52-54-56-58-60-66(70)67-64(63-74-75(71,72)73-62-61-68(3,4)5)65(69)59-57-55-53-51-49-47-21-19-17-15-13-11-9-7-2/h8,10,14,16,20,22,24-25,27-28,30-31,57,59,64-65,69H,6-7,9,11-13,15,17-19,21,23,26,29,32-56,58,60-63H2,1-5H3,(H-,67,70,71,72)/p+1/b10-8-,16-14-,22-20-,25-24-,28-27-,31-30-,59-57+. The minimum Gasteiger partial charge on any atom is -0.387 e. The lowest BCUT2D eigenvalue weighted by Crippen LogP contribution is -2.45. The Balaban J connectivity index is 3.95. The van der Waals surface area contributed by atoms with Crippen LogP contribution in [0.15, 0.2) is 85.1 Å². The Bertz CT molecular complexity index is 1500. The van der Waals surface area contributed by atoms with Gasteiger partial charge in [-0.25, -0.2) is 4.57 Å². The quantitative estimate of drug-likeness (QED) is 0.0243. The Kier molecular flexibility index (Phi) is 54.7. The Morgan fingerprint density at radius 2 is 0.800 bits per heavy atom. The predicted molar refractivity (Wildman–Crippen MR) is 327 cm³/mol. The van der Waals surface area contributed by atoms with Crippen LogP contribution in [0.5, 0.6) is 0 Å². The second kappa shape index (κ2) is 56.4. The Labute approximate surface area is 465 Å². The maximum Gasteiger partial charge on any atom is 0.472 e. The van der Waals surface area contributed by atoms with E-state index in [-0.39, 0.29) is 19.1 Å². The van der Waals surface area contributed by atoms with Crippen molar-refractivity contribution in [2.45, 2.75) is 289 Å². The number of likely N-dealkylation sites (N-methyl/N-ethyl adjacent to an activating group) is 1. The van der Waals surface area contributed by atoms with Crippen LogP contribution in [-0.4, -0.2) is 73.4 Å². The fraction of sp³-hybridized carbons (Fsp3) is 0.773. The average molecular weight is 1070 g/mol. The van der Waals surface area contributed by atoms with E-state index < -0.39 is 20.0 Å². The van der Waals surface area contributed by atoms with E-state index in [0.717, 1.165) is 77.0 Å². The number of phosphoric ester groups is 1. The average Bonchev–Trinajstić information content (AvgIpc) is 3.37. The molecule has 0 bridgehead atoms. The number of unbranched alkanes of at least 4 members (excludes halogenated alkanes) is 32. The van der Waals surface area contributed by atoms with E-state index in [4.69, 9.17) is 9.05 Å². The van der Waals surface area contributed by atoms with Gasteiger partial charge in [0.25, 0.3) is 0 Å². The molecule has 75 heavy (non-hydrogen) atoms. The van der Waals surface area contributed by atoms with E-state index in [0.29, 0.717) is 17.4 Å². The molecule has 9 heteroatoms. The first-order valence-electron chi connectivity index (χ1n) is 31.5. The number of quaternary nitrogens is 1. The van der Waals surface area contributed by atoms with Crippen molar-refractivity contribution < 1.29 is 32.9 Å². The van der Waals surface area contributed by atoms with Gasteiger partial charge in [-0.3, -0.25) is 13.8 Å². The van der Waals surface area contributed by atoms with Crippen molar-refractivity contribution in [1.29, 1.82) is 0 Å². The molecule has 0 aliphatic carbocycles. The number of nitrogens with one attached hydrogen (secondary N) is 1. The number of allylic oxidation sites excluding steroid dienone is 13. The number of hydrogen-bond acceptors (Lipinski definition) is 5. The van der Waals surface area contributed by atoms with Crippen LogP contribution < -0.4 is 5.32 Å². The van der Waals surface area contributed by atoms with E-state index in [1.807, 2.05) is 27.2 Å². The summed E-state index contributed by atoms with van der Waals surface area (Å²) in [7, 11) is 1.58. The van der Waals surface area contributed by atoms with Gasteiger partial charge in [-0.2, -0.15) is 0 Å². The second-order valence-electron chi connectivity index (χ2n) is 22.4. The zero-order valence-electron chi connectivity index (χ0n) is 49.8. The fourth-order valence-electron chi connectivity index (χ4n) is 8.99. The molecule has 436 valence electrons. The lowest BCUT2D eigenvalue weighted by atomic mass is 10.0. The first-order valence-corrected chi connectivity index (χ1v) is 33.0. The highest BCUT2D eigenvalue weighted by Crippen LogP contribution is 2.43. The lowest BCUT2D eigenvalue weighted by Gasteiger charge is -2.25. The number of aliphatic hydroxyl groups excluding tert-OH is 1. The van der Waals surface area contributed by atoms with Crippen molar-refractivity contribution in [1.82, 2.24) is 5.32 Å². The van der Waals surface area contributed by atoms with Gasteiger partial charge in [-0.15, -0.1) is 0 Å². The summed E-state index contributed by atoms with van der Waals surface area (Å²) < 4.78 is 23.7. The monoisotopic (exact) mass is 1070 g/mol. The summed E-state index contributed by atoms with van der Waals surface area (Å²) in [6, 6.07) is -0.847. The highest BCUT2D eigenvalue weighted by molar-refractivity contribution is 7.47. The lowest BCUT2D eigenvalue weighted by molar-refractivity contribution is -0.870. The van der Waals surface area contributed by atoms with E-state index in [1.165, 1.54) is 180 Å². The van der Waals surface area contributed by atoms with Gasteiger partial charge in [0.2, 0.25) is 5.91 Å².